The number of nitrogens with one attached hydrogen (secondary N) is 1. The number of carbonyl (C=O) groups excluding carboxylic acids is 2. The van der Waals surface area contributed by atoms with Crippen LogP contribution in [0.15, 0.2) is 47.8 Å². The van der Waals surface area contributed by atoms with Crippen molar-refractivity contribution in [2.24, 2.45) is 5.92 Å². The molecule has 6 nitrogen and oxygen atoms in total. The number of benzene rings is 2. The second kappa shape index (κ2) is 11.6. The minimum absolute atomic E-state index is 0.0907. The molecule has 8 heteroatoms. The normalized spacial score (nSPS) is 15.0. The second-order valence-corrected chi connectivity index (χ2v) is 10.4. The zero-order valence-electron chi connectivity index (χ0n) is 20.9. The summed E-state index contributed by atoms with van der Waals surface area (Å²) < 4.78 is 19.7. The molecular weight excluding hydrogens is 477 g/mol. The van der Waals surface area contributed by atoms with Crippen LogP contribution in [-0.2, 0) is 17.8 Å². The summed E-state index contributed by atoms with van der Waals surface area (Å²) in [5.41, 5.74) is 3.40. The minimum atomic E-state index is -0.308. The number of halogens is 1. The molecule has 0 bridgehead atoms. The lowest BCUT2D eigenvalue weighted by molar-refractivity contribution is -0.134. The third-order valence-electron chi connectivity index (χ3n) is 6.12. The number of hydrogen-bond donors (Lipinski definition) is 1. The molecule has 0 unspecified atom stereocenters. The van der Waals surface area contributed by atoms with E-state index in [0.29, 0.717) is 36.0 Å². The number of aromatic nitrogens is 1. The van der Waals surface area contributed by atoms with Crippen molar-refractivity contribution in [3.05, 3.63) is 81.1 Å². The SMILES string of the molecule is CCCNC(=O)c1csc(COc2ccc3c(c2)[C@H](c2ccc(F)cc2)N(C(=O)CC(C)C)CC3)n1. The molecule has 3 aromatic rings. The number of ether oxygens (including phenoxy) is 1. The summed E-state index contributed by atoms with van der Waals surface area (Å²) in [4.78, 5) is 31.6. The zero-order valence-corrected chi connectivity index (χ0v) is 21.7. The van der Waals surface area contributed by atoms with Gasteiger partial charge in [0.05, 0.1) is 6.04 Å². The molecule has 36 heavy (non-hydrogen) atoms. The maximum atomic E-state index is 13.7. The van der Waals surface area contributed by atoms with Gasteiger partial charge in [-0.15, -0.1) is 11.3 Å². The molecule has 0 aliphatic carbocycles. The van der Waals surface area contributed by atoms with Gasteiger partial charge >= 0.3 is 0 Å². The first kappa shape index (κ1) is 25.8. The number of amides is 2. The molecule has 0 saturated heterocycles. The fourth-order valence-electron chi connectivity index (χ4n) is 4.38. The fraction of sp³-hybridized carbons (Fsp3) is 0.393. The molecule has 190 valence electrons. The molecule has 1 aromatic heterocycles. The number of thiazole rings is 1. The van der Waals surface area contributed by atoms with Gasteiger partial charge in [0.15, 0.2) is 0 Å². The maximum absolute atomic E-state index is 13.7. The van der Waals surface area contributed by atoms with Gasteiger partial charge in [0.25, 0.3) is 5.91 Å². The average molecular weight is 510 g/mol. The van der Waals surface area contributed by atoms with Gasteiger partial charge in [-0.25, -0.2) is 9.37 Å². The largest absolute Gasteiger partial charge is 0.486 e. The van der Waals surface area contributed by atoms with E-state index in [1.807, 2.05) is 43.9 Å². The molecule has 1 atom stereocenters. The van der Waals surface area contributed by atoms with Crippen LogP contribution in [0.1, 0.15) is 71.8 Å². The van der Waals surface area contributed by atoms with Crippen LogP contribution >= 0.6 is 11.3 Å². The molecule has 4 rings (SSSR count). The van der Waals surface area contributed by atoms with E-state index in [-0.39, 0.29) is 36.2 Å². The first-order chi connectivity index (χ1) is 17.4. The van der Waals surface area contributed by atoms with Gasteiger partial charge < -0.3 is 15.0 Å². The van der Waals surface area contributed by atoms with Crippen LogP contribution in [-0.4, -0.2) is 34.8 Å². The number of carbonyl (C=O) groups is 2. The summed E-state index contributed by atoms with van der Waals surface area (Å²) >= 11 is 1.38. The molecule has 1 aliphatic heterocycles. The quantitative estimate of drug-likeness (QED) is 0.412. The topological polar surface area (TPSA) is 71.5 Å². The van der Waals surface area contributed by atoms with Gasteiger partial charge in [-0.3, -0.25) is 9.59 Å². The van der Waals surface area contributed by atoms with Crippen LogP contribution < -0.4 is 10.1 Å². The molecule has 0 fully saturated rings. The van der Waals surface area contributed by atoms with Crippen LogP contribution in [0, 0.1) is 11.7 Å². The summed E-state index contributed by atoms with van der Waals surface area (Å²) in [6.07, 6.45) is 2.07. The van der Waals surface area contributed by atoms with Gasteiger partial charge in [0, 0.05) is 24.9 Å². The minimum Gasteiger partial charge on any atom is -0.486 e. The summed E-state index contributed by atoms with van der Waals surface area (Å²) in [6.45, 7) is 7.53. The Labute approximate surface area is 215 Å². The van der Waals surface area contributed by atoms with Crippen molar-refractivity contribution in [1.82, 2.24) is 15.2 Å². The van der Waals surface area contributed by atoms with Crippen LogP contribution in [0.4, 0.5) is 4.39 Å². The maximum Gasteiger partial charge on any atom is 0.270 e. The molecule has 2 heterocycles. The standard InChI is InChI=1S/C28H32FN3O3S/c1-4-12-30-28(34)24-17-36-25(31-24)16-35-22-10-7-19-11-13-32(26(33)14-18(2)3)27(23(19)15-22)20-5-8-21(29)9-6-20/h5-10,15,17-18,27H,4,11-14,16H2,1-3H3,(H,30,34)/t27-/m0/s1. The van der Waals surface area contributed by atoms with Crippen molar-refractivity contribution in [3.8, 4) is 5.75 Å². The van der Waals surface area contributed by atoms with E-state index in [1.54, 1.807) is 17.5 Å². The highest BCUT2D eigenvalue weighted by Crippen LogP contribution is 2.38. The van der Waals surface area contributed by atoms with Gasteiger partial charge in [-0.1, -0.05) is 39.0 Å². The Morgan fingerprint density at radius 3 is 2.72 bits per heavy atom. The van der Waals surface area contributed by atoms with Crippen molar-refractivity contribution in [1.29, 1.82) is 0 Å². The van der Waals surface area contributed by atoms with Crippen LogP contribution in [0.2, 0.25) is 0 Å². The van der Waals surface area contributed by atoms with E-state index in [1.165, 1.54) is 23.5 Å². The first-order valence-corrected chi connectivity index (χ1v) is 13.3. The van der Waals surface area contributed by atoms with Crippen LogP contribution in [0.5, 0.6) is 5.75 Å². The Hall–Kier alpha value is -3.26. The van der Waals surface area contributed by atoms with E-state index in [4.69, 9.17) is 4.74 Å². The first-order valence-electron chi connectivity index (χ1n) is 12.4. The Morgan fingerprint density at radius 1 is 1.22 bits per heavy atom. The van der Waals surface area contributed by atoms with Crippen LogP contribution in [0.25, 0.3) is 0 Å². The molecule has 2 amide bonds. The number of nitrogens with zero attached hydrogens (tertiary/aromatic N) is 2. The highest BCUT2D eigenvalue weighted by Gasteiger charge is 2.32. The van der Waals surface area contributed by atoms with E-state index in [0.717, 1.165) is 29.5 Å². The second-order valence-electron chi connectivity index (χ2n) is 9.42. The third-order valence-corrected chi connectivity index (χ3v) is 6.94. The van der Waals surface area contributed by atoms with Gasteiger partial charge in [0.2, 0.25) is 5.91 Å². The summed E-state index contributed by atoms with van der Waals surface area (Å²) in [5.74, 6) is 0.508. The highest BCUT2D eigenvalue weighted by molar-refractivity contribution is 7.09. The van der Waals surface area contributed by atoms with Crippen molar-refractivity contribution in [3.63, 3.8) is 0 Å². The molecule has 1 aliphatic rings. The fourth-order valence-corrected chi connectivity index (χ4v) is 5.06. The van der Waals surface area contributed by atoms with Crippen molar-refractivity contribution in [2.75, 3.05) is 13.1 Å². The lowest BCUT2D eigenvalue weighted by Gasteiger charge is -2.38. The van der Waals surface area contributed by atoms with Gasteiger partial charge in [0.1, 0.15) is 28.9 Å². The number of hydrogen-bond acceptors (Lipinski definition) is 5. The smallest absolute Gasteiger partial charge is 0.270 e. The highest BCUT2D eigenvalue weighted by atomic mass is 32.1. The van der Waals surface area contributed by atoms with Gasteiger partial charge in [-0.05, 0) is 59.7 Å². The lowest BCUT2D eigenvalue weighted by Crippen LogP contribution is -2.41. The predicted molar refractivity (Wildman–Crippen MR) is 139 cm³/mol. The summed E-state index contributed by atoms with van der Waals surface area (Å²) in [6, 6.07) is 12.0. The summed E-state index contributed by atoms with van der Waals surface area (Å²) in [7, 11) is 0. The van der Waals surface area contributed by atoms with E-state index in [2.05, 4.69) is 10.3 Å². The third kappa shape index (κ3) is 6.10. The monoisotopic (exact) mass is 509 g/mol. The summed E-state index contributed by atoms with van der Waals surface area (Å²) in [5, 5.41) is 5.27. The van der Waals surface area contributed by atoms with Crippen molar-refractivity contribution < 1.29 is 18.7 Å². The molecule has 0 spiro atoms. The molecule has 2 aromatic carbocycles. The molecular formula is C28H32FN3O3S. The van der Waals surface area contributed by atoms with Crippen LogP contribution in [0.3, 0.4) is 0 Å². The average Bonchev–Trinajstić information content (AvgIpc) is 3.34. The Balaban J connectivity index is 1.56. The zero-order chi connectivity index (χ0) is 25.7. The molecule has 0 radical (unpaired) electrons. The molecule has 0 saturated carbocycles. The van der Waals surface area contributed by atoms with E-state index in [9.17, 15) is 14.0 Å². The van der Waals surface area contributed by atoms with Crippen molar-refractivity contribution in [2.45, 2.75) is 52.7 Å². The Kier molecular flexibility index (Phi) is 8.36. The lowest BCUT2D eigenvalue weighted by atomic mass is 9.87. The van der Waals surface area contributed by atoms with E-state index < -0.39 is 0 Å². The number of fused-ring (bicyclic) bond motifs is 1. The Bertz CT molecular complexity index is 1210. The van der Waals surface area contributed by atoms with Gasteiger partial charge in [-0.2, -0.15) is 0 Å². The van der Waals surface area contributed by atoms with E-state index >= 15 is 0 Å². The predicted octanol–water partition coefficient (Wildman–Crippen LogP) is 5.52. The van der Waals surface area contributed by atoms with Crippen molar-refractivity contribution >= 4 is 23.2 Å². The Morgan fingerprint density at radius 2 is 2.00 bits per heavy atom. The molecule has 1 N–H and O–H groups in total. The number of rotatable bonds is 9.